The van der Waals surface area contributed by atoms with Crippen molar-refractivity contribution in [2.24, 2.45) is 0 Å². The number of nitrogens with one attached hydrogen (secondary N) is 2. The Bertz CT molecular complexity index is 542. The van der Waals surface area contributed by atoms with Gasteiger partial charge < -0.3 is 10.6 Å². The average molecular weight is 325 g/mol. The van der Waals surface area contributed by atoms with Crippen LogP contribution in [0.4, 0.5) is 21.7 Å². The van der Waals surface area contributed by atoms with Gasteiger partial charge in [-0.2, -0.15) is 0 Å². The van der Waals surface area contributed by atoms with Crippen LogP contribution in [0.25, 0.3) is 0 Å². The third-order valence-corrected chi connectivity index (χ3v) is 3.07. The first-order valence-electron chi connectivity index (χ1n) is 5.97. The molecule has 0 saturated carbocycles. The zero-order chi connectivity index (χ0) is 13.7. The summed E-state index contributed by atoms with van der Waals surface area (Å²) in [5.41, 5.74) is 0.351. The standard InChI is InChI=1S/C13H14BrFN4/c1-2-6-17-11-7-16-8-12(18-11)19-13-9(14)4-3-5-10(13)15/h3-5,7-8H,2,6H2,1H3,(H2,17,18,19). The average Bonchev–Trinajstić information content (AvgIpc) is 2.41. The van der Waals surface area contributed by atoms with Crippen molar-refractivity contribution in [3.8, 4) is 0 Å². The zero-order valence-electron chi connectivity index (χ0n) is 10.5. The highest BCUT2D eigenvalue weighted by Gasteiger charge is 2.07. The van der Waals surface area contributed by atoms with Gasteiger partial charge in [0, 0.05) is 11.0 Å². The molecule has 0 fully saturated rings. The molecule has 2 rings (SSSR count). The molecule has 0 aliphatic carbocycles. The van der Waals surface area contributed by atoms with Gasteiger partial charge in [-0.05, 0) is 34.5 Å². The normalized spacial score (nSPS) is 10.3. The highest BCUT2D eigenvalue weighted by Crippen LogP contribution is 2.27. The van der Waals surface area contributed by atoms with E-state index in [0.717, 1.165) is 13.0 Å². The van der Waals surface area contributed by atoms with E-state index in [4.69, 9.17) is 0 Å². The first-order valence-corrected chi connectivity index (χ1v) is 6.77. The van der Waals surface area contributed by atoms with Gasteiger partial charge in [0.15, 0.2) is 5.82 Å². The molecule has 1 aromatic carbocycles. The lowest BCUT2D eigenvalue weighted by atomic mass is 10.3. The van der Waals surface area contributed by atoms with E-state index in [2.05, 4.69) is 43.5 Å². The van der Waals surface area contributed by atoms with Crippen LogP contribution in [0.1, 0.15) is 13.3 Å². The molecule has 6 heteroatoms. The van der Waals surface area contributed by atoms with E-state index in [1.54, 1.807) is 24.5 Å². The highest BCUT2D eigenvalue weighted by atomic mass is 79.9. The lowest BCUT2D eigenvalue weighted by molar-refractivity contribution is 0.631. The summed E-state index contributed by atoms with van der Waals surface area (Å²) in [6.07, 6.45) is 4.19. The SMILES string of the molecule is CCCNc1cncc(Nc2c(F)cccc2Br)n1. The summed E-state index contributed by atoms with van der Waals surface area (Å²) < 4.78 is 14.3. The fourth-order valence-corrected chi connectivity index (χ4v) is 1.95. The number of aromatic nitrogens is 2. The van der Waals surface area contributed by atoms with Crippen LogP contribution >= 0.6 is 15.9 Å². The second-order valence-electron chi connectivity index (χ2n) is 3.94. The second-order valence-corrected chi connectivity index (χ2v) is 4.79. The van der Waals surface area contributed by atoms with Crippen molar-refractivity contribution in [3.63, 3.8) is 0 Å². The lowest BCUT2D eigenvalue weighted by Crippen LogP contribution is -2.04. The summed E-state index contributed by atoms with van der Waals surface area (Å²) in [7, 11) is 0. The molecule has 0 aliphatic heterocycles. The third-order valence-electron chi connectivity index (χ3n) is 2.41. The first-order chi connectivity index (χ1) is 9.20. The minimum Gasteiger partial charge on any atom is -0.369 e. The molecule has 0 aliphatic rings. The van der Waals surface area contributed by atoms with Gasteiger partial charge in [-0.3, -0.25) is 4.98 Å². The predicted molar refractivity (Wildman–Crippen MR) is 78.2 cm³/mol. The molecular formula is C13H14BrFN4. The summed E-state index contributed by atoms with van der Waals surface area (Å²) in [5, 5.41) is 6.05. The number of rotatable bonds is 5. The van der Waals surface area contributed by atoms with Gasteiger partial charge in [0.2, 0.25) is 0 Å². The van der Waals surface area contributed by atoms with E-state index in [0.29, 0.717) is 21.8 Å². The molecule has 4 nitrogen and oxygen atoms in total. The van der Waals surface area contributed by atoms with Gasteiger partial charge in [0.1, 0.15) is 11.6 Å². The molecule has 0 radical (unpaired) electrons. The molecule has 1 aromatic heterocycles. The maximum atomic E-state index is 13.7. The van der Waals surface area contributed by atoms with Gasteiger partial charge in [-0.1, -0.05) is 13.0 Å². The fourth-order valence-electron chi connectivity index (χ4n) is 1.51. The number of benzene rings is 1. The Morgan fingerprint density at radius 1 is 1.26 bits per heavy atom. The van der Waals surface area contributed by atoms with Gasteiger partial charge in [-0.15, -0.1) is 0 Å². The van der Waals surface area contributed by atoms with Crippen molar-refractivity contribution in [2.45, 2.75) is 13.3 Å². The molecule has 0 atom stereocenters. The van der Waals surface area contributed by atoms with Crippen molar-refractivity contribution >= 4 is 33.3 Å². The van der Waals surface area contributed by atoms with Crippen molar-refractivity contribution in [2.75, 3.05) is 17.2 Å². The summed E-state index contributed by atoms with van der Waals surface area (Å²) >= 11 is 3.30. The minimum atomic E-state index is -0.344. The van der Waals surface area contributed by atoms with Crippen LogP contribution in [0, 0.1) is 5.82 Å². The summed E-state index contributed by atoms with van der Waals surface area (Å²) in [6.45, 7) is 2.89. The Hall–Kier alpha value is -1.69. The number of hydrogen-bond acceptors (Lipinski definition) is 4. The molecule has 0 amide bonds. The third kappa shape index (κ3) is 3.64. The summed E-state index contributed by atoms with van der Waals surface area (Å²) in [5.74, 6) is 0.814. The smallest absolute Gasteiger partial charge is 0.151 e. The zero-order valence-corrected chi connectivity index (χ0v) is 12.0. The van der Waals surface area contributed by atoms with Gasteiger partial charge in [0.25, 0.3) is 0 Å². The van der Waals surface area contributed by atoms with E-state index in [1.807, 2.05) is 0 Å². The Morgan fingerprint density at radius 3 is 2.79 bits per heavy atom. The van der Waals surface area contributed by atoms with Crippen LogP contribution in [0.5, 0.6) is 0 Å². The number of halogens is 2. The number of para-hydroxylation sites is 1. The molecule has 19 heavy (non-hydrogen) atoms. The van der Waals surface area contributed by atoms with Crippen molar-refractivity contribution < 1.29 is 4.39 Å². The minimum absolute atomic E-state index is 0.344. The largest absolute Gasteiger partial charge is 0.369 e. The summed E-state index contributed by atoms with van der Waals surface area (Å²) in [4.78, 5) is 8.38. The highest BCUT2D eigenvalue weighted by molar-refractivity contribution is 9.10. The Balaban J connectivity index is 2.19. The number of anilines is 3. The lowest BCUT2D eigenvalue weighted by Gasteiger charge is -2.10. The topological polar surface area (TPSA) is 49.8 Å². The van der Waals surface area contributed by atoms with E-state index >= 15 is 0 Å². The van der Waals surface area contributed by atoms with Crippen molar-refractivity contribution in [3.05, 3.63) is 40.9 Å². The molecule has 2 aromatic rings. The van der Waals surface area contributed by atoms with Crippen molar-refractivity contribution in [1.29, 1.82) is 0 Å². The van der Waals surface area contributed by atoms with Gasteiger partial charge in [-0.25, -0.2) is 9.37 Å². The maximum Gasteiger partial charge on any atom is 0.151 e. The maximum absolute atomic E-state index is 13.7. The predicted octanol–water partition coefficient (Wildman–Crippen LogP) is 3.94. The van der Waals surface area contributed by atoms with Crippen LogP contribution < -0.4 is 10.6 Å². The monoisotopic (exact) mass is 324 g/mol. The quantitative estimate of drug-likeness (QED) is 0.874. The number of hydrogen-bond donors (Lipinski definition) is 2. The second kappa shape index (κ2) is 6.47. The van der Waals surface area contributed by atoms with Crippen LogP contribution in [0.15, 0.2) is 35.1 Å². The van der Waals surface area contributed by atoms with E-state index < -0.39 is 0 Å². The van der Waals surface area contributed by atoms with E-state index in [-0.39, 0.29) is 5.82 Å². The molecule has 2 N–H and O–H groups in total. The fraction of sp³-hybridized carbons (Fsp3) is 0.231. The van der Waals surface area contributed by atoms with Crippen LogP contribution in [-0.4, -0.2) is 16.5 Å². The molecule has 1 heterocycles. The molecule has 0 unspecified atom stereocenters. The number of nitrogens with zero attached hydrogens (tertiary/aromatic N) is 2. The molecular weight excluding hydrogens is 311 g/mol. The van der Waals surface area contributed by atoms with Crippen LogP contribution in [-0.2, 0) is 0 Å². The summed E-state index contributed by atoms with van der Waals surface area (Å²) in [6, 6.07) is 4.78. The van der Waals surface area contributed by atoms with Crippen LogP contribution in [0.3, 0.4) is 0 Å². The van der Waals surface area contributed by atoms with E-state index in [9.17, 15) is 4.39 Å². The molecule has 100 valence electrons. The Kier molecular flexibility index (Phi) is 4.68. The molecule has 0 saturated heterocycles. The Morgan fingerprint density at radius 2 is 2.05 bits per heavy atom. The van der Waals surface area contributed by atoms with Crippen LogP contribution in [0.2, 0.25) is 0 Å². The van der Waals surface area contributed by atoms with E-state index in [1.165, 1.54) is 6.07 Å². The molecule has 0 bridgehead atoms. The molecule has 0 spiro atoms. The Labute approximate surface area is 119 Å². The van der Waals surface area contributed by atoms with Gasteiger partial charge in [0.05, 0.1) is 18.1 Å². The van der Waals surface area contributed by atoms with Crippen molar-refractivity contribution in [1.82, 2.24) is 9.97 Å². The first kappa shape index (κ1) is 13.7. The van der Waals surface area contributed by atoms with Gasteiger partial charge >= 0.3 is 0 Å².